The van der Waals surface area contributed by atoms with Crippen LogP contribution in [0.4, 0.5) is 0 Å². The van der Waals surface area contributed by atoms with Crippen molar-refractivity contribution in [3.8, 4) is 0 Å². The van der Waals surface area contributed by atoms with Crippen molar-refractivity contribution in [3.05, 3.63) is 57.4 Å². The van der Waals surface area contributed by atoms with E-state index in [0.29, 0.717) is 18.7 Å². The minimum absolute atomic E-state index is 0.111. The number of amides is 1. The Kier molecular flexibility index (Phi) is 5.07. The van der Waals surface area contributed by atoms with Crippen LogP contribution in [0, 0.1) is 20.8 Å². The average molecular weight is 338 g/mol. The minimum Gasteiger partial charge on any atom is -0.354 e. The van der Waals surface area contributed by atoms with E-state index < -0.39 is 0 Å². The van der Waals surface area contributed by atoms with Crippen molar-refractivity contribution < 1.29 is 9.59 Å². The van der Waals surface area contributed by atoms with Gasteiger partial charge in [0.05, 0.1) is 0 Å². The van der Waals surface area contributed by atoms with Crippen molar-refractivity contribution in [2.75, 3.05) is 6.54 Å². The normalized spacial score (nSPS) is 13.6. The summed E-state index contributed by atoms with van der Waals surface area (Å²) < 4.78 is 0. The number of aryl methyl sites for hydroxylation is 4. The molecule has 0 saturated carbocycles. The van der Waals surface area contributed by atoms with Gasteiger partial charge in [-0.3, -0.25) is 9.59 Å². The predicted molar refractivity (Wildman–Crippen MR) is 99.4 cm³/mol. The van der Waals surface area contributed by atoms with Crippen molar-refractivity contribution in [2.45, 2.75) is 52.9 Å². The first-order valence-electron chi connectivity index (χ1n) is 9.06. The highest BCUT2D eigenvalue weighted by atomic mass is 16.2. The molecular weight excluding hydrogens is 312 g/mol. The van der Waals surface area contributed by atoms with Crippen LogP contribution in [0.5, 0.6) is 0 Å². The Morgan fingerprint density at radius 3 is 2.72 bits per heavy atom. The molecule has 1 aliphatic carbocycles. The molecule has 1 aliphatic rings. The molecule has 0 unspecified atom stereocenters. The smallest absolute Gasteiger partial charge is 0.268 e. The van der Waals surface area contributed by atoms with Gasteiger partial charge in [-0.1, -0.05) is 23.8 Å². The first kappa shape index (κ1) is 17.5. The summed E-state index contributed by atoms with van der Waals surface area (Å²) in [4.78, 5) is 27.7. The summed E-state index contributed by atoms with van der Waals surface area (Å²) in [6, 6.07) is 6.49. The van der Waals surface area contributed by atoms with E-state index >= 15 is 0 Å². The van der Waals surface area contributed by atoms with Crippen molar-refractivity contribution in [1.82, 2.24) is 10.3 Å². The highest BCUT2D eigenvalue weighted by Crippen LogP contribution is 2.26. The van der Waals surface area contributed by atoms with Gasteiger partial charge in [-0.2, -0.15) is 0 Å². The zero-order chi connectivity index (χ0) is 18.0. The van der Waals surface area contributed by atoms with Crippen LogP contribution in [0.25, 0.3) is 0 Å². The molecule has 1 amide bonds. The van der Waals surface area contributed by atoms with E-state index in [9.17, 15) is 9.59 Å². The van der Waals surface area contributed by atoms with E-state index in [0.717, 1.165) is 42.5 Å². The third kappa shape index (κ3) is 3.68. The maximum Gasteiger partial charge on any atom is 0.268 e. The standard InChI is InChI=1S/C21H26N2O2/c1-13-9-10-16(14(2)12-13)6-5-11-22-21(25)20-15(3)19-17(23-20)7-4-8-18(19)24/h9-10,12,23H,4-8,11H2,1-3H3,(H,22,25). The fourth-order valence-electron chi connectivity index (χ4n) is 3.70. The number of H-pyrrole nitrogens is 1. The predicted octanol–water partition coefficient (Wildman–Crippen LogP) is 3.82. The first-order chi connectivity index (χ1) is 12.0. The Bertz CT molecular complexity index is 818. The highest BCUT2D eigenvalue weighted by Gasteiger charge is 2.26. The van der Waals surface area contributed by atoms with E-state index in [4.69, 9.17) is 0 Å². The molecule has 2 N–H and O–H groups in total. The van der Waals surface area contributed by atoms with E-state index in [2.05, 4.69) is 42.3 Å². The SMILES string of the molecule is Cc1ccc(CCCNC(=O)c2[nH]c3c(c2C)C(=O)CCC3)c(C)c1. The largest absolute Gasteiger partial charge is 0.354 e. The monoisotopic (exact) mass is 338 g/mol. The van der Waals surface area contributed by atoms with Gasteiger partial charge in [-0.25, -0.2) is 0 Å². The Labute approximate surface area is 149 Å². The summed E-state index contributed by atoms with van der Waals surface area (Å²) in [7, 11) is 0. The molecule has 0 atom stereocenters. The number of Topliss-reactive ketones (excluding diaryl/α,β-unsaturated/α-hetero) is 1. The first-order valence-corrected chi connectivity index (χ1v) is 9.06. The van der Waals surface area contributed by atoms with Gasteiger partial charge in [0, 0.05) is 24.2 Å². The number of aromatic nitrogens is 1. The molecule has 0 radical (unpaired) electrons. The number of fused-ring (bicyclic) bond motifs is 1. The molecule has 3 rings (SSSR count). The van der Waals surface area contributed by atoms with Crippen LogP contribution >= 0.6 is 0 Å². The minimum atomic E-state index is -0.111. The number of carbonyl (C=O) groups excluding carboxylic acids is 2. The summed E-state index contributed by atoms with van der Waals surface area (Å²) in [5, 5.41) is 2.98. The van der Waals surface area contributed by atoms with Crippen LogP contribution in [0.3, 0.4) is 0 Å². The fourth-order valence-corrected chi connectivity index (χ4v) is 3.70. The van der Waals surface area contributed by atoms with Gasteiger partial charge in [0.1, 0.15) is 5.69 Å². The Balaban J connectivity index is 1.57. The van der Waals surface area contributed by atoms with Gasteiger partial charge in [0.15, 0.2) is 5.78 Å². The average Bonchev–Trinajstić information content (AvgIpc) is 2.91. The van der Waals surface area contributed by atoms with E-state index in [1.807, 2.05) is 6.92 Å². The molecule has 2 aromatic rings. The summed E-state index contributed by atoms with van der Waals surface area (Å²) in [5.41, 5.74) is 6.92. The maximum atomic E-state index is 12.5. The summed E-state index contributed by atoms with van der Waals surface area (Å²) >= 11 is 0. The third-order valence-electron chi connectivity index (χ3n) is 5.07. The Hall–Kier alpha value is -2.36. The molecule has 132 valence electrons. The Morgan fingerprint density at radius 2 is 2.00 bits per heavy atom. The molecule has 4 nitrogen and oxygen atoms in total. The van der Waals surface area contributed by atoms with Crippen LogP contribution in [0.15, 0.2) is 18.2 Å². The molecule has 0 fully saturated rings. The highest BCUT2D eigenvalue weighted by molar-refractivity contribution is 6.04. The van der Waals surface area contributed by atoms with Gasteiger partial charge >= 0.3 is 0 Å². The zero-order valence-corrected chi connectivity index (χ0v) is 15.3. The maximum absolute atomic E-state index is 12.5. The molecule has 0 bridgehead atoms. The van der Waals surface area contributed by atoms with Gasteiger partial charge in [0.2, 0.25) is 0 Å². The molecule has 1 heterocycles. The van der Waals surface area contributed by atoms with Crippen molar-refractivity contribution in [2.24, 2.45) is 0 Å². The summed E-state index contributed by atoms with van der Waals surface area (Å²) in [6.45, 7) is 6.72. The van der Waals surface area contributed by atoms with Gasteiger partial charge in [-0.15, -0.1) is 0 Å². The number of rotatable bonds is 5. The van der Waals surface area contributed by atoms with Crippen LogP contribution in [0.2, 0.25) is 0 Å². The van der Waals surface area contributed by atoms with Crippen LogP contribution in [-0.4, -0.2) is 23.2 Å². The Morgan fingerprint density at radius 1 is 1.20 bits per heavy atom. The van der Waals surface area contributed by atoms with E-state index in [1.165, 1.54) is 16.7 Å². The second kappa shape index (κ2) is 7.26. The van der Waals surface area contributed by atoms with Crippen molar-refractivity contribution in [1.29, 1.82) is 0 Å². The molecule has 1 aromatic heterocycles. The second-order valence-electron chi connectivity index (χ2n) is 7.04. The number of ketones is 1. The number of benzene rings is 1. The van der Waals surface area contributed by atoms with Crippen LogP contribution < -0.4 is 5.32 Å². The molecule has 0 aliphatic heterocycles. The van der Waals surface area contributed by atoms with Crippen molar-refractivity contribution in [3.63, 3.8) is 0 Å². The molecule has 0 spiro atoms. The number of aromatic amines is 1. The lowest BCUT2D eigenvalue weighted by molar-refractivity contribution is 0.0947. The lowest BCUT2D eigenvalue weighted by Crippen LogP contribution is -2.26. The third-order valence-corrected chi connectivity index (χ3v) is 5.07. The number of hydrogen-bond donors (Lipinski definition) is 2. The lowest BCUT2D eigenvalue weighted by Gasteiger charge is -2.09. The fraction of sp³-hybridized carbons (Fsp3) is 0.429. The molecule has 25 heavy (non-hydrogen) atoms. The number of nitrogens with one attached hydrogen (secondary N) is 2. The second-order valence-corrected chi connectivity index (χ2v) is 7.04. The number of hydrogen-bond acceptors (Lipinski definition) is 2. The van der Waals surface area contributed by atoms with Crippen molar-refractivity contribution >= 4 is 11.7 Å². The zero-order valence-electron chi connectivity index (χ0n) is 15.3. The van der Waals surface area contributed by atoms with Gasteiger partial charge in [-0.05, 0) is 63.1 Å². The molecule has 0 saturated heterocycles. The quantitative estimate of drug-likeness (QED) is 0.814. The molecule has 1 aromatic carbocycles. The van der Waals surface area contributed by atoms with Crippen LogP contribution in [0.1, 0.15) is 68.1 Å². The van der Waals surface area contributed by atoms with Gasteiger partial charge in [0.25, 0.3) is 5.91 Å². The van der Waals surface area contributed by atoms with E-state index in [-0.39, 0.29) is 11.7 Å². The molecule has 4 heteroatoms. The summed E-state index contributed by atoms with van der Waals surface area (Å²) in [5.74, 6) is 0.0456. The lowest BCUT2D eigenvalue weighted by atomic mass is 9.94. The van der Waals surface area contributed by atoms with E-state index in [1.54, 1.807) is 0 Å². The topological polar surface area (TPSA) is 62.0 Å². The van der Waals surface area contributed by atoms with Gasteiger partial charge < -0.3 is 10.3 Å². The van der Waals surface area contributed by atoms with Crippen LogP contribution in [-0.2, 0) is 12.8 Å². The number of carbonyl (C=O) groups is 2. The molecular formula is C21H26N2O2. The summed E-state index contributed by atoms with van der Waals surface area (Å²) in [6.07, 6.45) is 4.15.